The number of rotatable bonds is 16. The normalized spacial score (nSPS) is 11.1. The average Bonchev–Trinajstić information content (AvgIpc) is 2.53. The number of carbonyl (C=O) groups excluding carboxylic acids is 1. The van der Waals surface area contributed by atoms with Gasteiger partial charge in [-0.2, -0.15) is 0 Å². The van der Waals surface area contributed by atoms with Gasteiger partial charge in [-0.05, 0) is 18.8 Å². The smallest absolute Gasteiger partial charge is 0.305 e. The number of hydrogen-bond acceptors (Lipinski definition) is 2. The van der Waals surface area contributed by atoms with Crippen LogP contribution in [0.25, 0.3) is 0 Å². The summed E-state index contributed by atoms with van der Waals surface area (Å²) in [5.41, 5.74) is 0. The summed E-state index contributed by atoms with van der Waals surface area (Å²) in [4.78, 5) is 11.5. The molecule has 0 unspecified atom stereocenters. The molecule has 0 radical (unpaired) electrons. The van der Waals surface area contributed by atoms with Crippen LogP contribution in [0.2, 0.25) is 0 Å². The molecular weight excluding hydrogens is 272 g/mol. The van der Waals surface area contributed by atoms with Crippen molar-refractivity contribution in [2.45, 2.75) is 110 Å². The van der Waals surface area contributed by atoms with Crippen LogP contribution < -0.4 is 0 Å². The highest BCUT2D eigenvalue weighted by atomic mass is 16.5. The fourth-order valence-electron chi connectivity index (χ4n) is 3.09. The molecule has 0 aliphatic heterocycles. The maximum absolute atomic E-state index is 11.5. The maximum Gasteiger partial charge on any atom is 0.305 e. The molecule has 0 aromatic heterocycles. The first-order chi connectivity index (χ1) is 10.7. The Morgan fingerprint density at radius 1 is 0.727 bits per heavy atom. The van der Waals surface area contributed by atoms with Crippen molar-refractivity contribution in [3.05, 3.63) is 0 Å². The van der Waals surface area contributed by atoms with Crippen LogP contribution >= 0.6 is 0 Å². The summed E-state index contributed by atoms with van der Waals surface area (Å²) >= 11 is 0. The second-order valence-electron chi connectivity index (χ2n) is 6.76. The van der Waals surface area contributed by atoms with E-state index >= 15 is 0 Å². The Morgan fingerprint density at radius 3 is 1.55 bits per heavy atom. The first-order valence-corrected chi connectivity index (χ1v) is 9.81. The van der Waals surface area contributed by atoms with Crippen LogP contribution in [0.15, 0.2) is 0 Å². The van der Waals surface area contributed by atoms with Crippen molar-refractivity contribution < 1.29 is 9.53 Å². The summed E-state index contributed by atoms with van der Waals surface area (Å²) in [5, 5.41) is 0. The van der Waals surface area contributed by atoms with Crippen LogP contribution in [0.5, 0.6) is 0 Å². The van der Waals surface area contributed by atoms with Gasteiger partial charge in [-0.1, -0.05) is 90.9 Å². The highest BCUT2D eigenvalue weighted by Gasteiger charge is 2.13. The van der Waals surface area contributed by atoms with Gasteiger partial charge in [0.15, 0.2) is 0 Å². The lowest BCUT2D eigenvalue weighted by Crippen LogP contribution is -2.10. The monoisotopic (exact) mass is 312 g/mol. The summed E-state index contributed by atoms with van der Waals surface area (Å²) in [6.07, 6.45) is 19.0. The lowest BCUT2D eigenvalue weighted by Gasteiger charge is -2.15. The highest BCUT2D eigenvalue weighted by molar-refractivity contribution is 5.69. The summed E-state index contributed by atoms with van der Waals surface area (Å²) in [6, 6.07) is 0. The van der Waals surface area contributed by atoms with Crippen LogP contribution in [0.1, 0.15) is 110 Å². The van der Waals surface area contributed by atoms with Gasteiger partial charge in [0.05, 0.1) is 7.11 Å². The molecule has 2 nitrogen and oxygen atoms in total. The molecule has 0 aromatic rings. The molecule has 0 saturated heterocycles. The van der Waals surface area contributed by atoms with Gasteiger partial charge in [-0.15, -0.1) is 0 Å². The van der Waals surface area contributed by atoms with E-state index in [4.69, 9.17) is 4.74 Å². The first kappa shape index (κ1) is 21.5. The van der Waals surface area contributed by atoms with E-state index in [1.165, 1.54) is 97.0 Å². The van der Waals surface area contributed by atoms with Gasteiger partial charge in [0.1, 0.15) is 0 Å². The largest absolute Gasteiger partial charge is 0.469 e. The lowest BCUT2D eigenvalue weighted by molar-refractivity contribution is -0.141. The molecule has 0 aliphatic carbocycles. The SMILES string of the molecule is CCCCCCCCC(CCCCCCCC)CC(=O)OC. The second-order valence-corrected chi connectivity index (χ2v) is 6.76. The van der Waals surface area contributed by atoms with Crippen molar-refractivity contribution in [2.24, 2.45) is 5.92 Å². The van der Waals surface area contributed by atoms with Gasteiger partial charge in [0, 0.05) is 6.42 Å². The zero-order valence-corrected chi connectivity index (χ0v) is 15.5. The lowest BCUT2D eigenvalue weighted by atomic mass is 9.91. The minimum Gasteiger partial charge on any atom is -0.469 e. The third kappa shape index (κ3) is 14.4. The minimum absolute atomic E-state index is 0.0260. The summed E-state index contributed by atoms with van der Waals surface area (Å²) in [5.74, 6) is 0.520. The topological polar surface area (TPSA) is 26.3 Å². The van der Waals surface area contributed by atoms with Crippen molar-refractivity contribution in [2.75, 3.05) is 7.11 Å². The highest BCUT2D eigenvalue weighted by Crippen LogP contribution is 2.22. The predicted octanol–water partition coefficient (Wildman–Crippen LogP) is 6.67. The van der Waals surface area contributed by atoms with E-state index in [1.54, 1.807) is 0 Å². The molecule has 0 aliphatic rings. The Bertz CT molecular complexity index is 222. The third-order valence-electron chi connectivity index (χ3n) is 4.61. The summed E-state index contributed by atoms with van der Waals surface area (Å²) in [7, 11) is 1.51. The molecule has 0 amide bonds. The fourth-order valence-corrected chi connectivity index (χ4v) is 3.09. The molecule has 0 atom stereocenters. The molecule has 132 valence electrons. The molecule has 0 heterocycles. The van der Waals surface area contributed by atoms with Gasteiger partial charge in [0.25, 0.3) is 0 Å². The Balaban J connectivity index is 3.77. The van der Waals surface area contributed by atoms with Crippen LogP contribution in [0, 0.1) is 5.92 Å². The van der Waals surface area contributed by atoms with Gasteiger partial charge in [-0.25, -0.2) is 0 Å². The van der Waals surface area contributed by atoms with Gasteiger partial charge in [-0.3, -0.25) is 4.79 Å². The van der Waals surface area contributed by atoms with E-state index < -0.39 is 0 Å². The molecular formula is C20H40O2. The van der Waals surface area contributed by atoms with E-state index in [2.05, 4.69) is 13.8 Å². The van der Waals surface area contributed by atoms with Crippen LogP contribution in [0.3, 0.4) is 0 Å². The van der Waals surface area contributed by atoms with Gasteiger partial charge >= 0.3 is 5.97 Å². The second kappa shape index (κ2) is 16.8. The summed E-state index contributed by atoms with van der Waals surface area (Å²) < 4.78 is 4.86. The standard InChI is InChI=1S/C20H40O2/c1-4-6-8-10-12-14-16-19(18-20(21)22-3)17-15-13-11-9-7-5-2/h19H,4-18H2,1-3H3. The number of unbranched alkanes of at least 4 members (excludes halogenated alkanes) is 10. The zero-order chi connectivity index (χ0) is 16.5. The maximum atomic E-state index is 11.5. The molecule has 0 fully saturated rings. The van der Waals surface area contributed by atoms with E-state index in [0.29, 0.717) is 12.3 Å². The number of methoxy groups -OCH3 is 1. The van der Waals surface area contributed by atoms with Crippen molar-refractivity contribution in [1.82, 2.24) is 0 Å². The van der Waals surface area contributed by atoms with Crippen LogP contribution in [0.4, 0.5) is 0 Å². The van der Waals surface area contributed by atoms with E-state index in [-0.39, 0.29) is 5.97 Å². The fraction of sp³-hybridized carbons (Fsp3) is 0.950. The zero-order valence-electron chi connectivity index (χ0n) is 15.5. The Hall–Kier alpha value is -0.530. The molecule has 0 N–H and O–H groups in total. The van der Waals surface area contributed by atoms with Gasteiger partial charge < -0.3 is 4.74 Å². The molecule has 22 heavy (non-hydrogen) atoms. The number of carbonyl (C=O) groups is 1. The van der Waals surface area contributed by atoms with Crippen molar-refractivity contribution in [3.63, 3.8) is 0 Å². The molecule has 0 bridgehead atoms. The average molecular weight is 313 g/mol. The predicted molar refractivity (Wildman–Crippen MR) is 96.1 cm³/mol. The van der Waals surface area contributed by atoms with E-state index in [9.17, 15) is 4.79 Å². The van der Waals surface area contributed by atoms with E-state index in [1.807, 2.05) is 0 Å². The summed E-state index contributed by atoms with van der Waals surface area (Å²) in [6.45, 7) is 4.51. The van der Waals surface area contributed by atoms with Gasteiger partial charge in [0.2, 0.25) is 0 Å². The third-order valence-corrected chi connectivity index (χ3v) is 4.61. The minimum atomic E-state index is -0.0260. The van der Waals surface area contributed by atoms with Crippen LogP contribution in [-0.4, -0.2) is 13.1 Å². The van der Waals surface area contributed by atoms with E-state index in [0.717, 1.165) is 0 Å². The molecule has 0 saturated carbocycles. The Morgan fingerprint density at radius 2 is 1.14 bits per heavy atom. The Labute approximate surface area is 139 Å². The molecule has 0 rings (SSSR count). The van der Waals surface area contributed by atoms with Crippen LogP contribution in [-0.2, 0) is 9.53 Å². The first-order valence-electron chi connectivity index (χ1n) is 9.81. The molecule has 0 aromatic carbocycles. The van der Waals surface area contributed by atoms with Crippen molar-refractivity contribution in [1.29, 1.82) is 0 Å². The quantitative estimate of drug-likeness (QED) is 0.235. The Kier molecular flexibility index (Phi) is 16.4. The molecule has 0 spiro atoms. The number of esters is 1. The molecule has 2 heteroatoms. The van der Waals surface area contributed by atoms with Crippen molar-refractivity contribution >= 4 is 5.97 Å². The number of hydrogen-bond donors (Lipinski definition) is 0. The van der Waals surface area contributed by atoms with Crippen molar-refractivity contribution in [3.8, 4) is 0 Å². The number of ether oxygens (including phenoxy) is 1.